The smallest absolute Gasteiger partial charge is 0.276 e. The maximum absolute atomic E-state index is 14.3. The van der Waals surface area contributed by atoms with Crippen molar-refractivity contribution in [3.8, 4) is 5.69 Å². The van der Waals surface area contributed by atoms with Crippen molar-refractivity contribution in [3.05, 3.63) is 90.7 Å². The second kappa shape index (κ2) is 5.99. The van der Waals surface area contributed by atoms with E-state index in [2.05, 4.69) is 15.2 Å². The van der Waals surface area contributed by atoms with Crippen molar-refractivity contribution in [1.82, 2.24) is 14.8 Å². The number of aromatic amines is 1. The molecule has 0 spiro atoms. The molecular weight excluding hydrogens is 366 g/mol. The van der Waals surface area contributed by atoms with E-state index in [0.29, 0.717) is 0 Å². The van der Waals surface area contributed by atoms with Crippen molar-refractivity contribution in [2.45, 2.75) is 6.54 Å². The van der Waals surface area contributed by atoms with Gasteiger partial charge in [0, 0.05) is 10.6 Å². The fraction of sp³-hybridized carbons (Fsp3) is 0.0588. The van der Waals surface area contributed by atoms with Gasteiger partial charge in [-0.1, -0.05) is 17.7 Å². The first-order valence-corrected chi connectivity index (χ1v) is 7.85. The summed E-state index contributed by atoms with van der Waals surface area (Å²) in [6.07, 6.45) is 0. The molecule has 9 heteroatoms. The van der Waals surface area contributed by atoms with Gasteiger partial charge in [0.2, 0.25) is 0 Å². The lowest BCUT2D eigenvalue weighted by Crippen LogP contribution is -2.38. The number of hydrogen-bond donors (Lipinski definition) is 1. The molecule has 0 unspecified atom stereocenters. The van der Waals surface area contributed by atoms with Crippen LogP contribution in [0.25, 0.3) is 5.69 Å². The highest BCUT2D eigenvalue weighted by Gasteiger charge is 2.25. The van der Waals surface area contributed by atoms with Crippen LogP contribution in [0.1, 0.15) is 17.0 Å². The summed E-state index contributed by atoms with van der Waals surface area (Å²) in [5, 5.41) is 6.20. The lowest BCUT2D eigenvalue weighted by molar-refractivity contribution is 0.579. The van der Waals surface area contributed by atoms with Gasteiger partial charge in [0.1, 0.15) is 18.2 Å². The van der Waals surface area contributed by atoms with Crippen LogP contribution in [0.15, 0.2) is 51.0 Å². The van der Waals surface area contributed by atoms with Gasteiger partial charge in [-0.05, 0) is 30.3 Å². The molecule has 0 radical (unpaired) electrons. The average Bonchev–Trinajstić information content (AvgIpc) is 2.76. The summed E-state index contributed by atoms with van der Waals surface area (Å²) in [6.45, 7) is -0.165. The third kappa shape index (κ3) is 2.46. The second-order valence-electron chi connectivity index (χ2n) is 5.53. The van der Waals surface area contributed by atoms with E-state index in [4.69, 9.17) is 11.6 Å². The van der Waals surface area contributed by atoms with Gasteiger partial charge in [0.15, 0.2) is 5.82 Å². The van der Waals surface area contributed by atoms with E-state index in [9.17, 15) is 18.4 Å². The third-order valence-corrected chi connectivity index (χ3v) is 4.21. The quantitative estimate of drug-likeness (QED) is 0.663. The Kier molecular flexibility index (Phi) is 3.77. The minimum absolute atomic E-state index is 0.0181. The zero-order chi connectivity index (χ0) is 18.4. The molecule has 0 saturated heterocycles. The van der Waals surface area contributed by atoms with Gasteiger partial charge in [0.25, 0.3) is 0 Å². The Bertz CT molecular complexity index is 1180. The number of nitrogens with zero attached hydrogens (tertiary/aromatic N) is 3. The number of aliphatic imine (C=N–C) groups is 1. The van der Waals surface area contributed by atoms with E-state index in [1.807, 2.05) is 0 Å². The molecular formula is C17H9ClF2N4O2. The molecule has 2 aromatic carbocycles. The third-order valence-electron chi connectivity index (χ3n) is 3.97. The summed E-state index contributed by atoms with van der Waals surface area (Å²) in [5.74, 6) is -1.49. The van der Waals surface area contributed by atoms with Crippen LogP contribution in [0.2, 0.25) is 5.02 Å². The largest absolute Gasteiger partial charge is 0.330 e. The van der Waals surface area contributed by atoms with Gasteiger partial charge in [-0.3, -0.25) is 19.1 Å². The number of hydrogen-bond acceptors (Lipinski definition) is 4. The van der Waals surface area contributed by atoms with E-state index in [1.165, 1.54) is 24.3 Å². The summed E-state index contributed by atoms with van der Waals surface area (Å²) in [4.78, 5) is 28.3. The molecule has 6 nitrogen and oxygen atoms in total. The highest BCUT2D eigenvalue weighted by Crippen LogP contribution is 2.27. The fourth-order valence-electron chi connectivity index (χ4n) is 2.85. The Morgan fingerprint density at radius 3 is 2.58 bits per heavy atom. The van der Waals surface area contributed by atoms with Crippen LogP contribution in [0, 0.1) is 11.6 Å². The molecule has 4 rings (SSSR count). The van der Waals surface area contributed by atoms with Crippen LogP contribution in [0.3, 0.4) is 0 Å². The molecule has 0 amide bonds. The van der Waals surface area contributed by atoms with Gasteiger partial charge >= 0.3 is 11.1 Å². The maximum Gasteiger partial charge on any atom is 0.330 e. The predicted molar refractivity (Wildman–Crippen MR) is 91.2 cm³/mol. The standard InChI is InChI=1S/C17H9ClF2N4O2/c18-8-4-5-12-9(6-8)15(14-10(19)2-1-3-11(14)20)21-7-13-22-23-16(25)17(26)24(12)13/h1-6H,7H2,(H,23,25). The summed E-state index contributed by atoms with van der Waals surface area (Å²) in [5.41, 5.74) is -1.72. The molecule has 26 heavy (non-hydrogen) atoms. The molecule has 2 heterocycles. The predicted octanol–water partition coefficient (Wildman–Crippen LogP) is 2.20. The van der Waals surface area contributed by atoms with Crippen molar-refractivity contribution in [2.24, 2.45) is 4.99 Å². The summed E-state index contributed by atoms with van der Waals surface area (Å²) < 4.78 is 29.7. The zero-order valence-electron chi connectivity index (χ0n) is 13.0. The highest BCUT2D eigenvalue weighted by atomic mass is 35.5. The monoisotopic (exact) mass is 374 g/mol. The molecule has 0 bridgehead atoms. The number of rotatable bonds is 1. The molecule has 1 aliphatic heterocycles. The lowest BCUT2D eigenvalue weighted by atomic mass is 9.99. The number of halogens is 3. The second-order valence-corrected chi connectivity index (χ2v) is 5.97. The minimum atomic E-state index is -0.921. The topological polar surface area (TPSA) is 80.1 Å². The zero-order valence-corrected chi connectivity index (χ0v) is 13.7. The van der Waals surface area contributed by atoms with E-state index >= 15 is 0 Å². The Morgan fingerprint density at radius 2 is 1.85 bits per heavy atom. The maximum atomic E-state index is 14.3. The van der Waals surface area contributed by atoms with Crippen LogP contribution in [0.5, 0.6) is 0 Å². The normalized spacial score (nSPS) is 12.8. The summed E-state index contributed by atoms with van der Waals surface area (Å²) in [6, 6.07) is 7.87. The van der Waals surface area contributed by atoms with Crippen LogP contribution >= 0.6 is 11.6 Å². The molecule has 1 N–H and O–H groups in total. The summed E-state index contributed by atoms with van der Waals surface area (Å²) in [7, 11) is 0. The fourth-order valence-corrected chi connectivity index (χ4v) is 3.02. The van der Waals surface area contributed by atoms with Crippen molar-refractivity contribution < 1.29 is 8.78 Å². The average molecular weight is 375 g/mol. The highest BCUT2D eigenvalue weighted by molar-refractivity contribution is 6.31. The number of H-pyrrole nitrogens is 1. The van der Waals surface area contributed by atoms with E-state index in [0.717, 1.165) is 16.7 Å². The first kappa shape index (κ1) is 16.3. The van der Waals surface area contributed by atoms with E-state index in [1.54, 1.807) is 0 Å². The minimum Gasteiger partial charge on any atom is -0.276 e. The van der Waals surface area contributed by atoms with Gasteiger partial charge in [-0.2, -0.15) is 5.10 Å². The Balaban J connectivity index is 2.11. The van der Waals surface area contributed by atoms with Crippen molar-refractivity contribution in [1.29, 1.82) is 0 Å². The Morgan fingerprint density at radius 1 is 1.12 bits per heavy atom. The molecule has 0 aliphatic carbocycles. The van der Waals surface area contributed by atoms with E-state index in [-0.39, 0.29) is 39.9 Å². The molecule has 0 saturated carbocycles. The van der Waals surface area contributed by atoms with Gasteiger partial charge < -0.3 is 0 Å². The van der Waals surface area contributed by atoms with Gasteiger partial charge in [-0.25, -0.2) is 13.9 Å². The first-order valence-electron chi connectivity index (χ1n) is 7.47. The molecule has 3 aromatic rings. The van der Waals surface area contributed by atoms with Crippen molar-refractivity contribution in [2.75, 3.05) is 0 Å². The number of nitrogens with one attached hydrogen (secondary N) is 1. The number of aromatic nitrogens is 3. The molecule has 1 aliphatic rings. The van der Waals surface area contributed by atoms with E-state index < -0.39 is 22.8 Å². The number of benzene rings is 2. The Labute approximate surface area is 149 Å². The van der Waals surface area contributed by atoms with Crippen molar-refractivity contribution in [3.63, 3.8) is 0 Å². The molecule has 130 valence electrons. The van der Waals surface area contributed by atoms with Crippen LogP contribution < -0.4 is 11.1 Å². The van der Waals surface area contributed by atoms with Crippen LogP contribution in [-0.4, -0.2) is 20.5 Å². The van der Waals surface area contributed by atoms with Crippen LogP contribution in [0.4, 0.5) is 8.78 Å². The molecule has 0 atom stereocenters. The number of fused-ring (bicyclic) bond motifs is 3. The van der Waals surface area contributed by atoms with Crippen LogP contribution in [-0.2, 0) is 6.54 Å². The van der Waals surface area contributed by atoms with Gasteiger partial charge in [0.05, 0.1) is 17.0 Å². The molecule has 1 aromatic heterocycles. The van der Waals surface area contributed by atoms with Gasteiger partial charge in [-0.15, -0.1) is 0 Å². The molecule has 0 fully saturated rings. The Hall–Kier alpha value is -3.13. The summed E-state index contributed by atoms with van der Waals surface area (Å²) >= 11 is 6.05. The van der Waals surface area contributed by atoms with Crippen molar-refractivity contribution >= 4 is 17.3 Å². The lowest BCUT2D eigenvalue weighted by Gasteiger charge is -2.13. The first-order chi connectivity index (χ1) is 12.5. The SMILES string of the molecule is O=c1[nH]nc2n(c1=O)-c1ccc(Cl)cc1C(c1c(F)cccc1F)=NC2.